The van der Waals surface area contributed by atoms with Crippen molar-refractivity contribution in [3.8, 4) is 0 Å². The summed E-state index contributed by atoms with van der Waals surface area (Å²) in [5.41, 5.74) is 3.67. The van der Waals surface area contributed by atoms with Crippen LogP contribution < -0.4 is 5.32 Å². The van der Waals surface area contributed by atoms with Gasteiger partial charge in [0.1, 0.15) is 10.8 Å². The molecule has 2 aliphatic carbocycles. The molecule has 0 radical (unpaired) electrons. The first-order chi connectivity index (χ1) is 10.6. The Morgan fingerprint density at radius 2 is 2.23 bits per heavy atom. The summed E-state index contributed by atoms with van der Waals surface area (Å²) in [7, 11) is 0. The van der Waals surface area contributed by atoms with Crippen LogP contribution in [0, 0.1) is 5.92 Å². The van der Waals surface area contributed by atoms with Crippen LogP contribution >= 0.6 is 11.3 Å². The molecule has 1 heterocycles. The van der Waals surface area contributed by atoms with Crippen LogP contribution in [0.2, 0.25) is 0 Å². The molecular formula is C18H24N2OS. The number of fused-ring (bicyclic) bond motifs is 1. The second kappa shape index (κ2) is 6.37. The molecule has 22 heavy (non-hydrogen) atoms. The first-order valence-corrected chi connectivity index (χ1v) is 9.01. The number of Topliss-reactive ketones (excluding diaryl/α,β-unsaturated/α-hetero) is 1. The highest BCUT2D eigenvalue weighted by molar-refractivity contribution is 7.16. The van der Waals surface area contributed by atoms with Crippen molar-refractivity contribution in [2.75, 3.05) is 0 Å². The van der Waals surface area contributed by atoms with Gasteiger partial charge in [-0.15, -0.1) is 11.3 Å². The first-order valence-electron chi connectivity index (χ1n) is 8.19. The number of rotatable bonds is 5. The van der Waals surface area contributed by atoms with Gasteiger partial charge in [0.15, 0.2) is 0 Å². The van der Waals surface area contributed by atoms with Crippen LogP contribution in [0.4, 0.5) is 5.00 Å². The molecule has 0 aliphatic heterocycles. The second-order valence-electron chi connectivity index (χ2n) is 6.37. The molecule has 0 saturated heterocycles. The van der Waals surface area contributed by atoms with Crippen LogP contribution in [0.15, 0.2) is 11.6 Å². The van der Waals surface area contributed by atoms with E-state index >= 15 is 0 Å². The first kappa shape index (κ1) is 15.5. The minimum atomic E-state index is 0.228. The van der Waals surface area contributed by atoms with Crippen molar-refractivity contribution in [1.82, 2.24) is 5.32 Å². The van der Waals surface area contributed by atoms with E-state index in [-0.39, 0.29) is 5.92 Å². The number of thiophene rings is 1. The minimum Gasteiger partial charge on any atom is -0.382 e. The van der Waals surface area contributed by atoms with Crippen LogP contribution in [-0.2, 0) is 17.6 Å². The lowest BCUT2D eigenvalue weighted by Crippen LogP contribution is -2.25. The van der Waals surface area contributed by atoms with Crippen molar-refractivity contribution in [3.63, 3.8) is 0 Å². The summed E-state index contributed by atoms with van der Waals surface area (Å²) < 4.78 is 0. The second-order valence-corrected chi connectivity index (χ2v) is 7.45. The zero-order chi connectivity index (χ0) is 15.7. The summed E-state index contributed by atoms with van der Waals surface area (Å²) in [5, 5.41) is 4.67. The van der Waals surface area contributed by atoms with Crippen molar-refractivity contribution < 1.29 is 4.79 Å². The molecule has 0 spiro atoms. The standard InChI is InChI=1S/C18H24N2OS/c1-4-19-18-17(15-6-5-7-16(15)22-18)11(2)20-14-9-8-13(10-14)12(3)21/h4,13-14,20H,2,5-10H2,1,3H3. The van der Waals surface area contributed by atoms with Crippen molar-refractivity contribution in [1.29, 1.82) is 0 Å². The largest absolute Gasteiger partial charge is 0.382 e. The topological polar surface area (TPSA) is 41.5 Å². The summed E-state index contributed by atoms with van der Waals surface area (Å²) in [6, 6.07) is 0.372. The van der Waals surface area contributed by atoms with E-state index in [9.17, 15) is 4.79 Å². The average molecular weight is 316 g/mol. The summed E-state index contributed by atoms with van der Waals surface area (Å²) in [6.45, 7) is 7.96. The normalized spacial score (nSPS) is 23.9. The van der Waals surface area contributed by atoms with Crippen molar-refractivity contribution in [3.05, 3.63) is 22.6 Å². The Balaban J connectivity index is 1.77. The number of ketones is 1. The lowest BCUT2D eigenvalue weighted by atomic mass is 10.0. The highest BCUT2D eigenvalue weighted by atomic mass is 32.1. The molecule has 0 bridgehead atoms. The Morgan fingerprint density at radius 1 is 1.41 bits per heavy atom. The maximum absolute atomic E-state index is 11.5. The molecular weight excluding hydrogens is 292 g/mol. The number of carbonyl (C=O) groups is 1. The summed E-state index contributed by atoms with van der Waals surface area (Å²) in [5.74, 6) is 0.550. The number of hydrogen-bond acceptors (Lipinski definition) is 4. The van der Waals surface area contributed by atoms with Crippen LogP contribution in [0.3, 0.4) is 0 Å². The zero-order valence-corrected chi connectivity index (χ0v) is 14.3. The molecule has 2 atom stereocenters. The molecule has 0 amide bonds. The summed E-state index contributed by atoms with van der Waals surface area (Å²) in [4.78, 5) is 17.6. The Bertz CT molecular complexity index is 629. The van der Waals surface area contributed by atoms with E-state index in [0.29, 0.717) is 11.8 Å². The van der Waals surface area contributed by atoms with Crippen LogP contribution in [0.25, 0.3) is 5.70 Å². The van der Waals surface area contributed by atoms with E-state index in [2.05, 4.69) is 16.9 Å². The highest BCUT2D eigenvalue weighted by Crippen LogP contribution is 2.43. The number of nitrogens with one attached hydrogen (secondary N) is 1. The van der Waals surface area contributed by atoms with E-state index in [1.807, 2.05) is 24.5 Å². The monoisotopic (exact) mass is 316 g/mol. The molecule has 1 fully saturated rings. The average Bonchev–Trinajstić information content (AvgIpc) is 3.13. The summed E-state index contributed by atoms with van der Waals surface area (Å²) >= 11 is 1.81. The minimum absolute atomic E-state index is 0.228. The molecule has 4 heteroatoms. The molecule has 2 unspecified atom stereocenters. The number of carbonyl (C=O) groups excluding carboxylic acids is 1. The molecule has 1 aromatic heterocycles. The van der Waals surface area contributed by atoms with E-state index in [0.717, 1.165) is 36.4 Å². The van der Waals surface area contributed by atoms with Gasteiger partial charge in [-0.1, -0.05) is 6.58 Å². The van der Waals surface area contributed by atoms with Crippen LogP contribution in [0.5, 0.6) is 0 Å². The van der Waals surface area contributed by atoms with E-state index < -0.39 is 0 Å². The third-order valence-corrected chi connectivity index (χ3v) is 6.04. The molecule has 3 nitrogen and oxygen atoms in total. The van der Waals surface area contributed by atoms with E-state index in [1.165, 1.54) is 28.8 Å². The zero-order valence-electron chi connectivity index (χ0n) is 13.4. The maximum atomic E-state index is 11.5. The Labute approximate surface area is 136 Å². The summed E-state index contributed by atoms with van der Waals surface area (Å²) in [6.07, 6.45) is 8.42. The van der Waals surface area contributed by atoms with Gasteiger partial charge in [0.25, 0.3) is 0 Å². The molecule has 118 valence electrons. The predicted octanol–water partition coefficient (Wildman–Crippen LogP) is 4.28. The van der Waals surface area contributed by atoms with Gasteiger partial charge in [-0.25, -0.2) is 4.99 Å². The van der Waals surface area contributed by atoms with Gasteiger partial charge in [-0.2, -0.15) is 0 Å². The number of aryl methyl sites for hydroxylation is 1. The molecule has 3 rings (SSSR count). The fourth-order valence-corrected chi connectivity index (χ4v) is 5.02. The van der Waals surface area contributed by atoms with E-state index in [1.54, 1.807) is 6.92 Å². The van der Waals surface area contributed by atoms with Gasteiger partial charge in [-0.3, -0.25) is 4.79 Å². The predicted molar refractivity (Wildman–Crippen MR) is 94.1 cm³/mol. The Hall–Kier alpha value is -1.42. The maximum Gasteiger partial charge on any atom is 0.132 e. The molecule has 1 aromatic rings. The smallest absolute Gasteiger partial charge is 0.132 e. The Kier molecular flexibility index (Phi) is 4.48. The van der Waals surface area contributed by atoms with Gasteiger partial charge in [-0.05, 0) is 57.9 Å². The molecule has 2 aliphatic rings. The van der Waals surface area contributed by atoms with Gasteiger partial charge in [0.05, 0.1) is 0 Å². The molecule has 1 saturated carbocycles. The van der Waals surface area contributed by atoms with Crippen LogP contribution in [0.1, 0.15) is 55.5 Å². The number of hydrogen-bond donors (Lipinski definition) is 1. The van der Waals surface area contributed by atoms with Crippen molar-refractivity contribution in [2.45, 2.75) is 58.4 Å². The van der Waals surface area contributed by atoms with E-state index in [4.69, 9.17) is 0 Å². The number of aliphatic imine (C=N–C) groups is 1. The molecule has 1 N–H and O–H groups in total. The quantitative estimate of drug-likeness (QED) is 0.824. The molecule has 0 aromatic carbocycles. The van der Waals surface area contributed by atoms with Gasteiger partial charge in [0, 0.05) is 34.3 Å². The third-order valence-electron chi connectivity index (χ3n) is 4.84. The lowest BCUT2D eigenvalue weighted by Gasteiger charge is -2.17. The van der Waals surface area contributed by atoms with Crippen molar-refractivity contribution in [2.24, 2.45) is 10.9 Å². The fraction of sp³-hybridized carbons (Fsp3) is 0.556. The number of nitrogens with zero attached hydrogens (tertiary/aromatic N) is 1. The fourth-order valence-electron chi connectivity index (χ4n) is 3.71. The van der Waals surface area contributed by atoms with Gasteiger partial charge >= 0.3 is 0 Å². The Morgan fingerprint density at radius 3 is 2.91 bits per heavy atom. The lowest BCUT2D eigenvalue weighted by molar-refractivity contribution is -0.120. The SMILES string of the molecule is C=C(NC1CCC(C(C)=O)C1)c1c(N=CC)sc2c1CCC2. The van der Waals surface area contributed by atoms with Gasteiger partial charge < -0.3 is 5.32 Å². The third kappa shape index (κ3) is 2.89. The van der Waals surface area contributed by atoms with Gasteiger partial charge in [0.2, 0.25) is 0 Å². The highest BCUT2D eigenvalue weighted by Gasteiger charge is 2.29. The van der Waals surface area contributed by atoms with Crippen LogP contribution in [-0.4, -0.2) is 18.0 Å². The van der Waals surface area contributed by atoms with Crippen molar-refractivity contribution >= 4 is 34.0 Å².